The first-order valence-corrected chi connectivity index (χ1v) is 5.58. The van der Waals surface area contributed by atoms with Crippen LogP contribution in [-0.2, 0) is 0 Å². The van der Waals surface area contributed by atoms with Crippen LogP contribution in [0.1, 0.15) is 36.0 Å². The summed E-state index contributed by atoms with van der Waals surface area (Å²) in [6.45, 7) is 0.586. The number of carbonyl (C=O) groups is 1. The molecule has 1 aliphatic carbocycles. The van der Waals surface area contributed by atoms with Crippen molar-refractivity contribution in [3.05, 3.63) is 29.8 Å². The highest BCUT2D eigenvalue weighted by Gasteiger charge is 2.45. The molecule has 0 unspecified atom stereocenters. The Hall–Kier alpha value is -1.31. The van der Waals surface area contributed by atoms with Gasteiger partial charge in [0.15, 0.2) is 5.78 Å². The first-order valence-electron chi connectivity index (χ1n) is 5.58. The molecule has 2 nitrogen and oxygen atoms in total. The molecule has 2 heteroatoms. The SMILES string of the molecule is O=C1c2ccccc2OCC12CCCC2. The maximum atomic E-state index is 12.4. The van der Waals surface area contributed by atoms with Crippen LogP contribution in [0.4, 0.5) is 0 Å². The van der Waals surface area contributed by atoms with E-state index in [0.29, 0.717) is 12.4 Å². The van der Waals surface area contributed by atoms with E-state index in [1.165, 1.54) is 0 Å². The zero-order valence-electron chi connectivity index (χ0n) is 8.66. The minimum Gasteiger partial charge on any atom is -0.492 e. The average molecular weight is 202 g/mol. The van der Waals surface area contributed by atoms with Gasteiger partial charge in [-0.1, -0.05) is 25.0 Å². The second-order valence-corrected chi connectivity index (χ2v) is 4.60. The predicted octanol–water partition coefficient (Wildman–Crippen LogP) is 2.82. The smallest absolute Gasteiger partial charge is 0.176 e. The molecule has 78 valence electrons. The second-order valence-electron chi connectivity index (χ2n) is 4.60. The third-order valence-corrected chi connectivity index (χ3v) is 3.68. The Bertz CT molecular complexity index is 403. The van der Waals surface area contributed by atoms with Crippen LogP contribution in [0.25, 0.3) is 0 Å². The number of para-hydroxylation sites is 1. The molecule has 15 heavy (non-hydrogen) atoms. The Morgan fingerprint density at radius 3 is 2.67 bits per heavy atom. The molecule has 1 fully saturated rings. The van der Waals surface area contributed by atoms with Crippen molar-refractivity contribution < 1.29 is 9.53 Å². The first-order chi connectivity index (χ1) is 7.32. The molecule has 1 aromatic carbocycles. The molecule has 1 spiro atoms. The number of hydrogen-bond donors (Lipinski definition) is 0. The number of rotatable bonds is 0. The van der Waals surface area contributed by atoms with Crippen molar-refractivity contribution in [2.24, 2.45) is 5.41 Å². The highest BCUT2D eigenvalue weighted by molar-refractivity contribution is 6.03. The van der Waals surface area contributed by atoms with Gasteiger partial charge in [0.1, 0.15) is 12.4 Å². The fourth-order valence-corrected chi connectivity index (χ4v) is 2.77. The molecular weight excluding hydrogens is 188 g/mol. The van der Waals surface area contributed by atoms with Gasteiger partial charge in [-0.15, -0.1) is 0 Å². The van der Waals surface area contributed by atoms with Crippen LogP contribution in [0, 0.1) is 5.41 Å². The summed E-state index contributed by atoms with van der Waals surface area (Å²) in [6.07, 6.45) is 4.33. The van der Waals surface area contributed by atoms with Gasteiger partial charge in [0.2, 0.25) is 0 Å². The van der Waals surface area contributed by atoms with Crippen LogP contribution in [0.3, 0.4) is 0 Å². The molecule has 0 amide bonds. The van der Waals surface area contributed by atoms with Crippen molar-refractivity contribution in [3.63, 3.8) is 0 Å². The molecule has 0 radical (unpaired) electrons. The Morgan fingerprint density at radius 1 is 1.13 bits per heavy atom. The maximum absolute atomic E-state index is 12.4. The molecule has 1 aromatic rings. The number of ketones is 1. The van der Waals surface area contributed by atoms with E-state index in [1.54, 1.807) is 0 Å². The lowest BCUT2D eigenvalue weighted by Gasteiger charge is -2.32. The Labute approximate surface area is 89.2 Å². The summed E-state index contributed by atoms with van der Waals surface area (Å²) < 4.78 is 5.71. The van der Waals surface area contributed by atoms with E-state index in [0.717, 1.165) is 37.0 Å². The zero-order chi connectivity index (χ0) is 10.3. The predicted molar refractivity (Wildman–Crippen MR) is 57.2 cm³/mol. The van der Waals surface area contributed by atoms with Crippen molar-refractivity contribution in [2.75, 3.05) is 6.61 Å². The molecule has 0 aromatic heterocycles. The molecule has 0 atom stereocenters. The van der Waals surface area contributed by atoms with Gasteiger partial charge in [0, 0.05) is 0 Å². The van der Waals surface area contributed by atoms with Crippen LogP contribution < -0.4 is 4.74 Å². The Morgan fingerprint density at radius 2 is 1.87 bits per heavy atom. The number of benzene rings is 1. The molecule has 0 N–H and O–H groups in total. The van der Waals surface area contributed by atoms with Gasteiger partial charge in [0.25, 0.3) is 0 Å². The third-order valence-electron chi connectivity index (χ3n) is 3.68. The minimum atomic E-state index is -0.186. The van der Waals surface area contributed by atoms with Crippen molar-refractivity contribution in [3.8, 4) is 5.75 Å². The van der Waals surface area contributed by atoms with E-state index in [9.17, 15) is 4.79 Å². The topological polar surface area (TPSA) is 26.3 Å². The minimum absolute atomic E-state index is 0.186. The van der Waals surface area contributed by atoms with Gasteiger partial charge < -0.3 is 4.74 Å². The summed E-state index contributed by atoms with van der Waals surface area (Å²) >= 11 is 0. The Balaban J connectivity index is 2.05. The maximum Gasteiger partial charge on any atom is 0.176 e. The van der Waals surface area contributed by atoms with E-state index in [-0.39, 0.29) is 5.41 Å². The normalized spacial score (nSPS) is 22.5. The van der Waals surface area contributed by atoms with Crippen molar-refractivity contribution in [2.45, 2.75) is 25.7 Å². The molecule has 0 bridgehead atoms. The quantitative estimate of drug-likeness (QED) is 0.646. The lowest BCUT2D eigenvalue weighted by molar-refractivity contribution is 0.0622. The second kappa shape index (κ2) is 3.09. The lowest BCUT2D eigenvalue weighted by atomic mass is 9.78. The summed E-state index contributed by atoms with van der Waals surface area (Å²) in [5.74, 6) is 1.07. The molecule has 0 saturated heterocycles. The highest BCUT2D eigenvalue weighted by atomic mass is 16.5. The molecule has 3 rings (SSSR count). The molecule has 1 aliphatic heterocycles. The summed E-state index contributed by atoms with van der Waals surface area (Å²) in [4.78, 5) is 12.4. The summed E-state index contributed by atoms with van der Waals surface area (Å²) in [7, 11) is 0. The molecular formula is C13H14O2. The van der Waals surface area contributed by atoms with E-state index < -0.39 is 0 Å². The molecule has 2 aliphatic rings. The average Bonchev–Trinajstić information content (AvgIpc) is 2.74. The van der Waals surface area contributed by atoms with Gasteiger partial charge in [-0.3, -0.25) is 4.79 Å². The van der Waals surface area contributed by atoms with Gasteiger partial charge in [-0.25, -0.2) is 0 Å². The standard InChI is InChI=1S/C13H14O2/c14-12-10-5-1-2-6-11(10)15-9-13(12)7-3-4-8-13/h1-2,5-6H,3-4,7-9H2. The molecule has 1 heterocycles. The van der Waals surface area contributed by atoms with Crippen molar-refractivity contribution in [1.29, 1.82) is 0 Å². The van der Waals surface area contributed by atoms with Gasteiger partial charge in [0.05, 0.1) is 11.0 Å². The number of Topliss-reactive ketones (excluding diaryl/α,β-unsaturated/α-hetero) is 1. The van der Waals surface area contributed by atoms with Crippen LogP contribution in [-0.4, -0.2) is 12.4 Å². The van der Waals surface area contributed by atoms with E-state index in [1.807, 2.05) is 24.3 Å². The largest absolute Gasteiger partial charge is 0.492 e. The monoisotopic (exact) mass is 202 g/mol. The van der Waals surface area contributed by atoms with E-state index >= 15 is 0 Å². The number of ether oxygens (including phenoxy) is 1. The van der Waals surface area contributed by atoms with Crippen LogP contribution in [0.15, 0.2) is 24.3 Å². The summed E-state index contributed by atoms with van der Waals surface area (Å²) in [5.41, 5.74) is 0.597. The highest BCUT2D eigenvalue weighted by Crippen LogP contribution is 2.45. The zero-order valence-corrected chi connectivity index (χ0v) is 8.66. The van der Waals surface area contributed by atoms with Gasteiger partial charge >= 0.3 is 0 Å². The summed E-state index contributed by atoms with van der Waals surface area (Å²) in [5, 5.41) is 0. The van der Waals surface area contributed by atoms with Crippen molar-refractivity contribution in [1.82, 2.24) is 0 Å². The Kier molecular flexibility index (Phi) is 1.84. The third kappa shape index (κ3) is 1.21. The fraction of sp³-hybridized carbons (Fsp3) is 0.462. The fourth-order valence-electron chi connectivity index (χ4n) is 2.77. The number of fused-ring (bicyclic) bond motifs is 1. The number of hydrogen-bond acceptors (Lipinski definition) is 2. The summed E-state index contributed by atoms with van der Waals surface area (Å²) in [6, 6.07) is 7.60. The van der Waals surface area contributed by atoms with Gasteiger partial charge in [-0.2, -0.15) is 0 Å². The van der Waals surface area contributed by atoms with Crippen LogP contribution in [0.2, 0.25) is 0 Å². The number of carbonyl (C=O) groups excluding carboxylic acids is 1. The van der Waals surface area contributed by atoms with Gasteiger partial charge in [-0.05, 0) is 25.0 Å². The van der Waals surface area contributed by atoms with E-state index in [4.69, 9.17) is 4.74 Å². The first kappa shape index (κ1) is 8.96. The lowest BCUT2D eigenvalue weighted by Crippen LogP contribution is -2.38. The van der Waals surface area contributed by atoms with E-state index in [2.05, 4.69) is 0 Å². The van der Waals surface area contributed by atoms with Crippen LogP contribution in [0.5, 0.6) is 5.75 Å². The van der Waals surface area contributed by atoms with Crippen molar-refractivity contribution >= 4 is 5.78 Å². The van der Waals surface area contributed by atoms with Crippen LogP contribution >= 0.6 is 0 Å². The molecule has 1 saturated carbocycles.